The largest absolute Gasteiger partial charge is 0.357 e. The van der Waals surface area contributed by atoms with Crippen molar-refractivity contribution >= 4 is 34.4 Å². The number of aryl methyl sites for hydroxylation is 1. The molecule has 1 fully saturated rings. The molecule has 158 valence electrons. The SMILES string of the molecule is CCNC(=NCCCc1nc2ccccc2[nH]1)NC1CCN(c2ncccc2Cl)C1. The normalized spacial score (nSPS) is 16.9. The molecule has 0 amide bonds. The van der Waals surface area contributed by atoms with Gasteiger partial charge in [-0.2, -0.15) is 0 Å². The predicted octanol–water partition coefficient (Wildman–Crippen LogP) is 3.38. The number of H-pyrrole nitrogens is 1. The number of pyridine rings is 1. The number of hydrogen-bond donors (Lipinski definition) is 3. The fraction of sp³-hybridized carbons (Fsp3) is 0.409. The van der Waals surface area contributed by atoms with Gasteiger partial charge in [-0.15, -0.1) is 0 Å². The molecule has 0 spiro atoms. The van der Waals surface area contributed by atoms with Crippen molar-refractivity contribution in [1.29, 1.82) is 0 Å². The zero-order chi connectivity index (χ0) is 20.8. The van der Waals surface area contributed by atoms with E-state index < -0.39 is 0 Å². The Balaban J connectivity index is 1.29. The Morgan fingerprint density at radius 1 is 1.30 bits per heavy atom. The first kappa shape index (κ1) is 20.5. The molecule has 1 atom stereocenters. The van der Waals surface area contributed by atoms with Gasteiger partial charge in [0.1, 0.15) is 11.6 Å². The molecule has 2 aromatic heterocycles. The van der Waals surface area contributed by atoms with E-state index in [0.717, 1.165) is 74.1 Å². The second-order valence-electron chi connectivity index (χ2n) is 7.45. The number of imidazole rings is 1. The van der Waals surface area contributed by atoms with Crippen LogP contribution in [0.15, 0.2) is 47.6 Å². The van der Waals surface area contributed by atoms with E-state index in [1.807, 2.05) is 30.3 Å². The number of benzene rings is 1. The van der Waals surface area contributed by atoms with Crippen molar-refractivity contribution in [2.75, 3.05) is 31.1 Å². The molecule has 3 N–H and O–H groups in total. The van der Waals surface area contributed by atoms with Gasteiger partial charge in [0.05, 0.1) is 16.1 Å². The van der Waals surface area contributed by atoms with E-state index in [0.29, 0.717) is 11.1 Å². The maximum absolute atomic E-state index is 6.30. The molecule has 1 aliphatic heterocycles. The maximum atomic E-state index is 6.30. The minimum Gasteiger partial charge on any atom is -0.357 e. The molecule has 0 saturated carbocycles. The Kier molecular flexibility index (Phi) is 6.69. The summed E-state index contributed by atoms with van der Waals surface area (Å²) in [5.41, 5.74) is 2.11. The molecule has 30 heavy (non-hydrogen) atoms. The van der Waals surface area contributed by atoms with Crippen LogP contribution in [0.4, 0.5) is 5.82 Å². The van der Waals surface area contributed by atoms with Gasteiger partial charge in [-0.25, -0.2) is 9.97 Å². The fourth-order valence-electron chi connectivity index (χ4n) is 3.76. The number of para-hydroxylation sites is 2. The van der Waals surface area contributed by atoms with Crippen molar-refractivity contribution in [3.05, 3.63) is 53.4 Å². The van der Waals surface area contributed by atoms with Crippen LogP contribution in [0.25, 0.3) is 11.0 Å². The third-order valence-corrected chi connectivity index (χ3v) is 5.49. The monoisotopic (exact) mass is 425 g/mol. The van der Waals surface area contributed by atoms with Crippen LogP contribution in [0.1, 0.15) is 25.6 Å². The van der Waals surface area contributed by atoms with Gasteiger partial charge in [0.2, 0.25) is 0 Å². The van der Waals surface area contributed by atoms with Crippen molar-refractivity contribution in [3.63, 3.8) is 0 Å². The summed E-state index contributed by atoms with van der Waals surface area (Å²) >= 11 is 6.30. The highest BCUT2D eigenvalue weighted by molar-refractivity contribution is 6.32. The van der Waals surface area contributed by atoms with E-state index >= 15 is 0 Å². The third kappa shape index (κ3) is 5.02. The van der Waals surface area contributed by atoms with Crippen LogP contribution in [-0.4, -0.2) is 53.1 Å². The number of nitrogens with zero attached hydrogens (tertiary/aromatic N) is 4. The van der Waals surface area contributed by atoms with Crippen LogP contribution in [0.2, 0.25) is 5.02 Å². The summed E-state index contributed by atoms with van der Waals surface area (Å²) in [6, 6.07) is 12.2. The van der Waals surface area contributed by atoms with Crippen molar-refractivity contribution in [3.8, 4) is 0 Å². The fourth-order valence-corrected chi connectivity index (χ4v) is 4.00. The van der Waals surface area contributed by atoms with Crippen LogP contribution in [0, 0.1) is 0 Å². The van der Waals surface area contributed by atoms with Crippen LogP contribution in [0.5, 0.6) is 0 Å². The number of anilines is 1. The van der Waals surface area contributed by atoms with Gasteiger partial charge in [0.15, 0.2) is 5.96 Å². The minimum absolute atomic E-state index is 0.316. The summed E-state index contributed by atoms with van der Waals surface area (Å²) in [6.45, 7) is 5.45. The standard InChI is InChI=1S/C22H28ClN7/c1-2-24-22(26-13-6-10-20-28-18-8-3-4-9-19(18)29-20)27-16-11-14-30(15-16)21-17(23)7-5-12-25-21/h3-5,7-9,12,16H,2,6,10-11,13-15H2,1H3,(H,28,29)(H2,24,26,27). The predicted molar refractivity (Wildman–Crippen MR) is 123 cm³/mol. The number of hydrogen-bond acceptors (Lipinski definition) is 4. The number of fused-ring (bicyclic) bond motifs is 1. The first-order valence-electron chi connectivity index (χ1n) is 10.6. The van der Waals surface area contributed by atoms with Gasteiger partial charge in [0.25, 0.3) is 0 Å². The van der Waals surface area contributed by atoms with Crippen LogP contribution < -0.4 is 15.5 Å². The number of guanidine groups is 1. The summed E-state index contributed by atoms with van der Waals surface area (Å²) in [6.07, 6.45) is 4.63. The van der Waals surface area contributed by atoms with Crippen LogP contribution >= 0.6 is 11.6 Å². The lowest BCUT2D eigenvalue weighted by Gasteiger charge is -2.20. The van der Waals surface area contributed by atoms with E-state index in [4.69, 9.17) is 16.6 Å². The van der Waals surface area contributed by atoms with Crippen LogP contribution in [0.3, 0.4) is 0 Å². The summed E-state index contributed by atoms with van der Waals surface area (Å²) < 4.78 is 0. The highest BCUT2D eigenvalue weighted by Gasteiger charge is 2.25. The molecule has 1 aromatic carbocycles. The molecular weight excluding hydrogens is 398 g/mol. The van der Waals surface area contributed by atoms with Gasteiger partial charge in [0, 0.05) is 44.8 Å². The smallest absolute Gasteiger partial charge is 0.191 e. The van der Waals surface area contributed by atoms with E-state index in [-0.39, 0.29) is 0 Å². The van der Waals surface area contributed by atoms with E-state index in [1.165, 1.54) is 0 Å². The summed E-state index contributed by atoms with van der Waals surface area (Å²) in [7, 11) is 0. The molecule has 3 heterocycles. The molecule has 8 heteroatoms. The van der Waals surface area contributed by atoms with Crippen molar-refractivity contribution in [2.45, 2.75) is 32.2 Å². The Morgan fingerprint density at radius 3 is 3.03 bits per heavy atom. The molecule has 0 bridgehead atoms. The first-order valence-corrected chi connectivity index (χ1v) is 10.9. The zero-order valence-corrected chi connectivity index (χ0v) is 18.0. The third-order valence-electron chi connectivity index (χ3n) is 5.19. The second-order valence-corrected chi connectivity index (χ2v) is 7.86. The van der Waals surface area contributed by atoms with Gasteiger partial charge in [-0.05, 0) is 44.0 Å². The molecule has 7 nitrogen and oxygen atoms in total. The van der Waals surface area contributed by atoms with E-state index in [2.05, 4.69) is 43.5 Å². The lowest BCUT2D eigenvalue weighted by molar-refractivity contribution is 0.646. The number of aromatic amines is 1. The molecule has 4 rings (SSSR count). The lowest BCUT2D eigenvalue weighted by atomic mass is 10.3. The van der Waals surface area contributed by atoms with Gasteiger partial charge in [-0.3, -0.25) is 4.99 Å². The highest BCUT2D eigenvalue weighted by Crippen LogP contribution is 2.25. The Hall–Kier alpha value is -2.80. The molecule has 1 aliphatic rings. The lowest BCUT2D eigenvalue weighted by Crippen LogP contribution is -2.44. The molecule has 1 unspecified atom stereocenters. The summed E-state index contributed by atoms with van der Waals surface area (Å²) in [4.78, 5) is 19.4. The zero-order valence-electron chi connectivity index (χ0n) is 17.2. The maximum Gasteiger partial charge on any atom is 0.191 e. The van der Waals surface area contributed by atoms with Crippen molar-refractivity contribution < 1.29 is 0 Å². The van der Waals surface area contributed by atoms with Crippen molar-refractivity contribution in [1.82, 2.24) is 25.6 Å². The molecule has 0 aliphatic carbocycles. The molecule has 3 aromatic rings. The number of nitrogens with one attached hydrogen (secondary N) is 3. The Morgan fingerprint density at radius 2 is 2.20 bits per heavy atom. The van der Waals surface area contributed by atoms with Crippen LogP contribution in [-0.2, 0) is 6.42 Å². The minimum atomic E-state index is 0.316. The number of aliphatic imine (C=N–C) groups is 1. The van der Waals surface area contributed by atoms with Crippen molar-refractivity contribution in [2.24, 2.45) is 4.99 Å². The van der Waals surface area contributed by atoms with Gasteiger partial charge < -0.3 is 20.5 Å². The highest BCUT2D eigenvalue weighted by atomic mass is 35.5. The van der Waals surface area contributed by atoms with Gasteiger partial charge in [-0.1, -0.05) is 23.7 Å². The second kappa shape index (κ2) is 9.80. The number of rotatable bonds is 7. The molecular formula is C22H28ClN7. The first-order chi connectivity index (χ1) is 14.7. The quantitative estimate of drug-likeness (QED) is 0.307. The Bertz CT molecular complexity index is 967. The van der Waals surface area contributed by atoms with E-state index in [9.17, 15) is 0 Å². The van der Waals surface area contributed by atoms with Gasteiger partial charge >= 0.3 is 0 Å². The Labute approximate surface area is 182 Å². The number of aromatic nitrogens is 3. The number of halogens is 1. The average molecular weight is 426 g/mol. The molecule has 0 radical (unpaired) electrons. The average Bonchev–Trinajstić information content (AvgIpc) is 3.38. The van der Waals surface area contributed by atoms with E-state index in [1.54, 1.807) is 6.20 Å². The summed E-state index contributed by atoms with van der Waals surface area (Å²) in [5.74, 6) is 2.74. The topological polar surface area (TPSA) is 81.2 Å². The molecule has 1 saturated heterocycles. The summed E-state index contributed by atoms with van der Waals surface area (Å²) in [5, 5.41) is 7.61.